The van der Waals surface area contributed by atoms with Crippen molar-refractivity contribution in [2.24, 2.45) is 0 Å². The smallest absolute Gasteiger partial charge is 0.0320 e. The molecule has 1 heterocycles. The van der Waals surface area contributed by atoms with Crippen LogP contribution in [0.15, 0.2) is 24.3 Å². The Morgan fingerprint density at radius 3 is 2.18 bits per heavy atom. The van der Waals surface area contributed by atoms with Gasteiger partial charge >= 0.3 is 0 Å². The molecule has 0 bridgehead atoms. The van der Waals surface area contributed by atoms with Gasteiger partial charge < -0.3 is 4.90 Å². The number of nitrogens with zero attached hydrogens (tertiary/aromatic N) is 2. The maximum absolute atomic E-state index is 2.59. The normalized spacial score (nSPS) is 20.4. The van der Waals surface area contributed by atoms with E-state index in [-0.39, 0.29) is 0 Å². The molecule has 1 unspecified atom stereocenters. The quantitative estimate of drug-likeness (QED) is 0.790. The molecule has 0 amide bonds. The number of hydrogen-bond acceptors (Lipinski definition) is 2. The van der Waals surface area contributed by atoms with Crippen LogP contribution >= 0.6 is 0 Å². The highest BCUT2D eigenvalue weighted by atomic mass is 15.3. The van der Waals surface area contributed by atoms with Gasteiger partial charge in [0, 0.05) is 32.2 Å². The molecular weight excluding hydrogens is 208 g/mol. The Balaban J connectivity index is 1.96. The van der Waals surface area contributed by atoms with Crippen molar-refractivity contribution in [3.05, 3.63) is 35.4 Å². The summed E-state index contributed by atoms with van der Waals surface area (Å²) in [4.78, 5) is 5.12. The molecule has 2 nitrogen and oxygen atoms in total. The first-order chi connectivity index (χ1) is 8.20. The second kappa shape index (κ2) is 5.65. The summed E-state index contributed by atoms with van der Waals surface area (Å²) < 4.78 is 0. The van der Waals surface area contributed by atoms with Crippen LogP contribution in [0.4, 0.5) is 0 Å². The Labute approximate surface area is 105 Å². The molecular formula is C15H24N2. The zero-order valence-corrected chi connectivity index (χ0v) is 11.3. The third-order valence-corrected chi connectivity index (χ3v) is 3.96. The van der Waals surface area contributed by atoms with Gasteiger partial charge in [-0.15, -0.1) is 0 Å². The molecule has 1 aromatic carbocycles. The van der Waals surface area contributed by atoms with Crippen molar-refractivity contribution in [2.45, 2.75) is 26.8 Å². The van der Waals surface area contributed by atoms with Crippen molar-refractivity contribution in [3.63, 3.8) is 0 Å². The van der Waals surface area contributed by atoms with Gasteiger partial charge in [-0.25, -0.2) is 0 Å². The Kier molecular flexibility index (Phi) is 4.19. The zero-order valence-electron chi connectivity index (χ0n) is 11.3. The highest BCUT2D eigenvalue weighted by Gasteiger charge is 2.20. The van der Waals surface area contributed by atoms with E-state index in [1.54, 1.807) is 0 Å². The van der Waals surface area contributed by atoms with Crippen LogP contribution in [0.25, 0.3) is 0 Å². The summed E-state index contributed by atoms with van der Waals surface area (Å²) in [6, 6.07) is 9.52. The number of hydrogen-bond donors (Lipinski definition) is 0. The minimum atomic E-state index is 0.551. The van der Waals surface area contributed by atoms with Crippen molar-refractivity contribution in [2.75, 3.05) is 32.7 Å². The first kappa shape index (κ1) is 12.6. The van der Waals surface area contributed by atoms with Gasteiger partial charge in [-0.1, -0.05) is 36.8 Å². The van der Waals surface area contributed by atoms with Crippen LogP contribution in [0.1, 0.15) is 31.0 Å². The number of benzene rings is 1. The van der Waals surface area contributed by atoms with Gasteiger partial charge in [-0.05, 0) is 26.0 Å². The van der Waals surface area contributed by atoms with Crippen LogP contribution < -0.4 is 0 Å². The van der Waals surface area contributed by atoms with Gasteiger partial charge in [0.15, 0.2) is 0 Å². The average Bonchev–Trinajstić information content (AvgIpc) is 2.39. The van der Waals surface area contributed by atoms with Crippen molar-refractivity contribution >= 4 is 0 Å². The van der Waals surface area contributed by atoms with Crippen LogP contribution in [0.3, 0.4) is 0 Å². The van der Waals surface area contributed by atoms with Crippen molar-refractivity contribution in [3.8, 4) is 0 Å². The molecule has 94 valence electrons. The van der Waals surface area contributed by atoms with Crippen molar-refractivity contribution in [1.82, 2.24) is 9.80 Å². The summed E-state index contributed by atoms with van der Waals surface area (Å²) in [6.45, 7) is 12.7. The van der Waals surface area contributed by atoms with Crippen LogP contribution in [0.5, 0.6) is 0 Å². The molecule has 0 aliphatic carbocycles. The van der Waals surface area contributed by atoms with E-state index in [1.807, 2.05) is 0 Å². The lowest BCUT2D eigenvalue weighted by Gasteiger charge is -2.37. The summed E-state index contributed by atoms with van der Waals surface area (Å²) in [5.74, 6) is 0. The van der Waals surface area contributed by atoms with Crippen LogP contribution in [0, 0.1) is 6.92 Å². The average molecular weight is 232 g/mol. The molecule has 2 heteroatoms. The van der Waals surface area contributed by atoms with E-state index in [4.69, 9.17) is 0 Å². The predicted octanol–water partition coefficient (Wildman–Crippen LogP) is 2.69. The lowest BCUT2D eigenvalue weighted by molar-refractivity contribution is 0.106. The summed E-state index contributed by atoms with van der Waals surface area (Å²) in [5.41, 5.74) is 2.79. The minimum Gasteiger partial charge on any atom is -0.301 e. The molecule has 0 aromatic heterocycles. The van der Waals surface area contributed by atoms with E-state index >= 15 is 0 Å². The topological polar surface area (TPSA) is 6.48 Å². The van der Waals surface area contributed by atoms with Gasteiger partial charge in [0.1, 0.15) is 0 Å². The molecule has 1 saturated heterocycles. The molecule has 1 atom stereocenters. The Bertz CT molecular complexity index is 336. The van der Waals surface area contributed by atoms with Gasteiger partial charge in [0.25, 0.3) is 0 Å². The van der Waals surface area contributed by atoms with E-state index in [0.29, 0.717) is 6.04 Å². The maximum Gasteiger partial charge on any atom is 0.0320 e. The number of piperazine rings is 1. The molecule has 0 N–H and O–H groups in total. The molecule has 1 aliphatic heterocycles. The Morgan fingerprint density at radius 2 is 1.65 bits per heavy atom. The van der Waals surface area contributed by atoms with E-state index in [9.17, 15) is 0 Å². The monoisotopic (exact) mass is 232 g/mol. The van der Waals surface area contributed by atoms with E-state index in [1.165, 1.54) is 43.9 Å². The predicted molar refractivity (Wildman–Crippen MR) is 73.3 cm³/mol. The lowest BCUT2D eigenvalue weighted by Crippen LogP contribution is -2.46. The van der Waals surface area contributed by atoms with Crippen molar-refractivity contribution < 1.29 is 0 Å². The first-order valence-corrected chi connectivity index (χ1v) is 6.73. The highest BCUT2D eigenvalue weighted by molar-refractivity contribution is 5.23. The fourth-order valence-electron chi connectivity index (χ4n) is 2.52. The Hall–Kier alpha value is -0.860. The lowest BCUT2D eigenvalue weighted by atomic mass is 10.0. The van der Waals surface area contributed by atoms with Gasteiger partial charge in [-0.3, -0.25) is 4.90 Å². The molecule has 1 aliphatic rings. The van der Waals surface area contributed by atoms with E-state index in [0.717, 1.165) is 0 Å². The number of likely N-dealkylation sites (N-methyl/N-ethyl adjacent to an activating group) is 1. The number of rotatable bonds is 3. The van der Waals surface area contributed by atoms with Crippen molar-refractivity contribution in [1.29, 1.82) is 0 Å². The van der Waals surface area contributed by atoms with Gasteiger partial charge in [-0.2, -0.15) is 0 Å². The van der Waals surface area contributed by atoms with E-state index in [2.05, 4.69) is 54.8 Å². The SMILES string of the molecule is CCN1CCN(C(C)c2ccc(C)cc2)CC1. The summed E-state index contributed by atoms with van der Waals surface area (Å²) in [5, 5.41) is 0. The second-order valence-electron chi connectivity index (χ2n) is 5.06. The van der Waals surface area contributed by atoms with Crippen LogP contribution in [-0.4, -0.2) is 42.5 Å². The summed E-state index contributed by atoms with van der Waals surface area (Å²) in [7, 11) is 0. The van der Waals surface area contributed by atoms with Crippen LogP contribution in [0.2, 0.25) is 0 Å². The largest absolute Gasteiger partial charge is 0.301 e. The van der Waals surface area contributed by atoms with Gasteiger partial charge in [0.2, 0.25) is 0 Å². The highest BCUT2D eigenvalue weighted by Crippen LogP contribution is 2.21. The zero-order chi connectivity index (χ0) is 12.3. The van der Waals surface area contributed by atoms with Crippen LogP contribution in [-0.2, 0) is 0 Å². The maximum atomic E-state index is 2.59. The molecule has 0 spiro atoms. The molecule has 2 rings (SSSR count). The van der Waals surface area contributed by atoms with E-state index < -0.39 is 0 Å². The third-order valence-electron chi connectivity index (χ3n) is 3.96. The third kappa shape index (κ3) is 3.08. The second-order valence-corrected chi connectivity index (χ2v) is 5.06. The summed E-state index contributed by atoms with van der Waals surface area (Å²) >= 11 is 0. The minimum absolute atomic E-state index is 0.551. The molecule has 0 radical (unpaired) electrons. The van der Waals surface area contributed by atoms with Gasteiger partial charge in [0.05, 0.1) is 0 Å². The molecule has 0 saturated carbocycles. The Morgan fingerprint density at radius 1 is 1.06 bits per heavy atom. The standard InChI is InChI=1S/C15H24N2/c1-4-16-9-11-17(12-10-16)14(3)15-7-5-13(2)6-8-15/h5-8,14H,4,9-12H2,1-3H3. The fourth-order valence-corrected chi connectivity index (χ4v) is 2.52. The fraction of sp³-hybridized carbons (Fsp3) is 0.600. The summed E-state index contributed by atoms with van der Waals surface area (Å²) in [6.07, 6.45) is 0. The molecule has 1 fully saturated rings. The first-order valence-electron chi connectivity index (χ1n) is 6.73. The molecule has 1 aromatic rings. The number of aryl methyl sites for hydroxylation is 1. The molecule has 17 heavy (non-hydrogen) atoms.